The number of pyridine rings is 1. The fourth-order valence-electron chi connectivity index (χ4n) is 1.55. The molecular weight excluding hydrogens is 330 g/mol. The molecule has 0 aliphatic carbocycles. The molecule has 0 fully saturated rings. The van der Waals surface area contributed by atoms with Gasteiger partial charge in [-0.1, -0.05) is 29.8 Å². The zero-order valence-corrected chi connectivity index (χ0v) is 13.9. The molecule has 1 aromatic heterocycles. The molecule has 0 saturated carbocycles. The highest BCUT2D eigenvalue weighted by molar-refractivity contribution is 6.36. The van der Waals surface area contributed by atoms with Gasteiger partial charge in [0.05, 0.1) is 11.1 Å². The van der Waals surface area contributed by atoms with Crippen LogP contribution in [0.4, 0.5) is 11.5 Å². The number of hydrogen-bond donors (Lipinski definition) is 1. The molecule has 0 spiro atoms. The van der Waals surface area contributed by atoms with Crippen molar-refractivity contribution in [2.45, 2.75) is 20.0 Å². The molecule has 1 heterocycles. The van der Waals surface area contributed by atoms with Crippen molar-refractivity contribution in [1.82, 2.24) is 4.98 Å². The molecule has 8 heteroatoms. The second-order valence-electron chi connectivity index (χ2n) is 4.87. The van der Waals surface area contributed by atoms with Gasteiger partial charge in [-0.15, -0.1) is 15.3 Å². The van der Waals surface area contributed by atoms with Gasteiger partial charge in [0, 0.05) is 6.20 Å². The second kappa shape index (κ2) is 8.73. The Labute approximate surface area is 144 Å². The van der Waals surface area contributed by atoms with Crippen molar-refractivity contribution in [2.75, 3.05) is 5.43 Å². The third-order valence-electron chi connectivity index (χ3n) is 2.57. The van der Waals surface area contributed by atoms with Gasteiger partial charge in [-0.05, 0) is 38.1 Å². The molecule has 1 N–H and O–H groups in total. The maximum Gasteiger partial charge on any atom is 0.380 e. The molecule has 0 saturated heterocycles. The molecule has 7 nitrogen and oxygen atoms in total. The Hall–Kier alpha value is -2.80. The van der Waals surface area contributed by atoms with Crippen molar-refractivity contribution in [3.8, 4) is 0 Å². The zero-order chi connectivity index (χ0) is 17.4. The van der Waals surface area contributed by atoms with E-state index in [0.29, 0.717) is 16.5 Å². The topological polar surface area (TPSA) is 88.3 Å². The molecule has 0 atom stereocenters. The molecule has 0 radical (unpaired) electrons. The smallest absolute Gasteiger partial charge is 0.380 e. The van der Waals surface area contributed by atoms with Gasteiger partial charge in [-0.2, -0.15) is 0 Å². The van der Waals surface area contributed by atoms with E-state index in [4.69, 9.17) is 16.3 Å². The van der Waals surface area contributed by atoms with Crippen molar-refractivity contribution in [2.24, 2.45) is 15.3 Å². The lowest BCUT2D eigenvalue weighted by atomic mass is 10.3. The van der Waals surface area contributed by atoms with Crippen LogP contribution in [0.2, 0.25) is 5.02 Å². The minimum Gasteiger partial charge on any atom is -0.457 e. The van der Waals surface area contributed by atoms with Crippen LogP contribution >= 0.6 is 11.6 Å². The molecule has 24 heavy (non-hydrogen) atoms. The van der Waals surface area contributed by atoms with Crippen molar-refractivity contribution >= 4 is 34.9 Å². The Morgan fingerprint density at radius 3 is 2.62 bits per heavy atom. The van der Waals surface area contributed by atoms with Crippen LogP contribution in [0.1, 0.15) is 13.8 Å². The first kappa shape index (κ1) is 17.6. The number of benzene rings is 1. The summed E-state index contributed by atoms with van der Waals surface area (Å²) in [6.07, 6.45) is 1.28. The average molecular weight is 346 g/mol. The third kappa shape index (κ3) is 5.44. The number of ether oxygens (including phenoxy) is 1. The van der Waals surface area contributed by atoms with Crippen LogP contribution in [0.15, 0.2) is 64.0 Å². The molecule has 0 aliphatic rings. The number of hydrogen-bond acceptors (Lipinski definition) is 6. The summed E-state index contributed by atoms with van der Waals surface area (Å²) < 4.78 is 5.10. The number of aromatic nitrogens is 1. The number of nitrogens with zero attached hydrogens (tertiary/aromatic N) is 4. The SMILES string of the molecule is CC(C)OC(=O)C(=N/Nc1ccccn1)/N=N/c1ccccc1Cl. The summed E-state index contributed by atoms with van der Waals surface area (Å²) in [6.45, 7) is 3.46. The van der Waals surface area contributed by atoms with Crippen LogP contribution in [-0.2, 0) is 9.53 Å². The van der Waals surface area contributed by atoms with Gasteiger partial charge in [-0.25, -0.2) is 9.78 Å². The summed E-state index contributed by atoms with van der Waals surface area (Å²) in [5, 5.41) is 12.1. The normalized spacial score (nSPS) is 11.8. The van der Waals surface area contributed by atoms with Crippen LogP contribution in [0, 0.1) is 0 Å². The molecule has 2 aromatic rings. The molecule has 124 valence electrons. The number of amidine groups is 1. The summed E-state index contributed by atoms with van der Waals surface area (Å²) in [7, 11) is 0. The van der Waals surface area contributed by atoms with Crippen LogP contribution < -0.4 is 5.43 Å². The van der Waals surface area contributed by atoms with Crippen LogP contribution in [0.25, 0.3) is 0 Å². The number of nitrogens with one attached hydrogen (secondary N) is 1. The van der Waals surface area contributed by atoms with E-state index in [1.807, 2.05) is 0 Å². The van der Waals surface area contributed by atoms with E-state index in [-0.39, 0.29) is 11.9 Å². The number of hydrazone groups is 1. The predicted octanol–water partition coefficient (Wildman–Crippen LogP) is 4.20. The lowest BCUT2D eigenvalue weighted by molar-refractivity contribution is -0.139. The van der Waals surface area contributed by atoms with E-state index in [9.17, 15) is 4.79 Å². The summed E-state index contributed by atoms with van der Waals surface area (Å²) in [5.74, 6) is -0.487. The quantitative estimate of drug-likeness (QED) is 0.296. The molecule has 1 aromatic carbocycles. The van der Waals surface area contributed by atoms with E-state index in [1.54, 1.807) is 62.5 Å². The Morgan fingerprint density at radius 1 is 1.21 bits per heavy atom. The van der Waals surface area contributed by atoms with Gasteiger partial charge in [0.25, 0.3) is 5.84 Å². The zero-order valence-electron chi connectivity index (χ0n) is 13.2. The third-order valence-corrected chi connectivity index (χ3v) is 2.89. The number of rotatable bonds is 4. The van der Waals surface area contributed by atoms with Crippen LogP contribution in [0.5, 0.6) is 0 Å². The molecule has 0 aliphatic heterocycles. The minimum absolute atomic E-state index is 0.241. The number of carbonyl (C=O) groups excluding carboxylic acids is 1. The fourth-order valence-corrected chi connectivity index (χ4v) is 1.72. The monoisotopic (exact) mass is 345 g/mol. The standard InChI is InChI=1S/C16H16ClN5O2/c1-11(2)24-16(23)15(22-20-14-9-5-6-10-18-14)21-19-13-8-4-3-7-12(13)17/h3-11H,1-2H3,(H,18,20)/b21-19+,22-15-. The lowest BCUT2D eigenvalue weighted by Crippen LogP contribution is -2.20. The first-order valence-electron chi connectivity index (χ1n) is 7.18. The Bertz CT molecular complexity index is 747. The first-order chi connectivity index (χ1) is 11.6. The van der Waals surface area contributed by atoms with Gasteiger partial charge < -0.3 is 4.74 Å². The average Bonchev–Trinajstić information content (AvgIpc) is 2.56. The molecule has 0 amide bonds. The first-order valence-corrected chi connectivity index (χ1v) is 7.56. The van der Waals surface area contributed by atoms with E-state index in [0.717, 1.165) is 0 Å². The molecular formula is C16H16ClN5O2. The maximum absolute atomic E-state index is 12.1. The number of anilines is 1. The molecule has 0 unspecified atom stereocenters. The summed E-state index contributed by atoms with van der Waals surface area (Å²) in [4.78, 5) is 16.1. The van der Waals surface area contributed by atoms with Crippen LogP contribution in [-0.4, -0.2) is 22.9 Å². The van der Waals surface area contributed by atoms with E-state index in [2.05, 4.69) is 25.7 Å². The van der Waals surface area contributed by atoms with Gasteiger partial charge in [-0.3, -0.25) is 5.43 Å². The number of azo groups is 1. The lowest BCUT2D eigenvalue weighted by Gasteiger charge is -2.07. The predicted molar refractivity (Wildman–Crippen MR) is 92.5 cm³/mol. The Kier molecular flexibility index (Phi) is 6.39. The van der Waals surface area contributed by atoms with Crippen molar-refractivity contribution < 1.29 is 9.53 Å². The van der Waals surface area contributed by atoms with Crippen molar-refractivity contribution in [3.05, 3.63) is 53.7 Å². The fraction of sp³-hybridized carbons (Fsp3) is 0.188. The van der Waals surface area contributed by atoms with Crippen molar-refractivity contribution in [1.29, 1.82) is 0 Å². The number of halogens is 1. The molecule has 0 bridgehead atoms. The van der Waals surface area contributed by atoms with E-state index >= 15 is 0 Å². The largest absolute Gasteiger partial charge is 0.457 e. The highest BCUT2D eigenvalue weighted by Crippen LogP contribution is 2.24. The molecule has 2 rings (SSSR count). The summed E-state index contributed by atoms with van der Waals surface area (Å²) in [5.41, 5.74) is 3.06. The van der Waals surface area contributed by atoms with Crippen LogP contribution in [0.3, 0.4) is 0 Å². The van der Waals surface area contributed by atoms with Gasteiger partial charge in [0.15, 0.2) is 0 Å². The van der Waals surface area contributed by atoms with Crippen molar-refractivity contribution in [3.63, 3.8) is 0 Å². The number of esters is 1. The second-order valence-corrected chi connectivity index (χ2v) is 5.27. The van der Waals surface area contributed by atoms with Gasteiger partial charge in [0.2, 0.25) is 0 Å². The van der Waals surface area contributed by atoms with E-state index < -0.39 is 5.97 Å². The Morgan fingerprint density at radius 2 is 1.96 bits per heavy atom. The number of carbonyl (C=O) groups is 1. The highest BCUT2D eigenvalue weighted by atomic mass is 35.5. The highest BCUT2D eigenvalue weighted by Gasteiger charge is 2.15. The summed E-state index contributed by atoms with van der Waals surface area (Å²) >= 11 is 6.01. The van der Waals surface area contributed by atoms with Gasteiger partial charge in [0.1, 0.15) is 11.5 Å². The Balaban J connectivity index is 2.22. The van der Waals surface area contributed by atoms with Gasteiger partial charge >= 0.3 is 5.97 Å². The minimum atomic E-state index is -0.704. The summed E-state index contributed by atoms with van der Waals surface area (Å²) in [6, 6.07) is 12.1. The van der Waals surface area contributed by atoms with E-state index in [1.165, 1.54) is 0 Å². The maximum atomic E-state index is 12.1.